The van der Waals surface area contributed by atoms with Gasteiger partial charge >= 0.3 is 0 Å². The highest BCUT2D eigenvalue weighted by molar-refractivity contribution is 7.80. The minimum atomic E-state index is 1.09. The fourth-order valence-electron chi connectivity index (χ4n) is 5.07. The second kappa shape index (κ2) is 30.9. The van der Waals surface area contributed by atoms with Crippen LogP contribution in [0.3, 0.4) is 0 Å². The summed E-state index contributed by atoms with van der Waals surface area (Å²) >= 11 is 5.87. The lowest BCUT2D eigenvalue weighted by Gasteiger charge is -2.24. The van der Waals surface area contributed by atoms with Crippen LogP contribution in [-0.2, 0) is 0 Å². The van der Waals surface area contributed by atoms with Crippen molar-refractivity contribution in [3.8, 4) is 0 Å². The number of hydrogen-bond donors (Lipinski definition) is 0. The van der Waals surface area contributed by atoms with E-state index in [-0.39, 0.29) is 0 Å². The molecule has 1 nitrogen and oxygen atoms in total. The number of nitrogens with zero attached hydrogens (tertiary/aromatic N) is 1. The summed E-state index contributed by atoms with van der Waals surface area (Å²) in [5.74, 6) is 0. The molecule has 0 unspecified atom stereocenters. The predicted molar refractivity (Wildman–Crippen MR) is 170 cm³/mol. The van der Waals surface area contributed by atoms with E-state index in [9.17, 15) is 0 Å². The number of thiocarbonyl (C=S) groups is 1. The average Bonchev–Trinajstić information content (AvgIpc) is 2.88. The Morgan fingerprint density at radius 1 is 0.444 bits per heavy atom. The summed E-state index contributed by atoms with van der Waals surface area (Å²) in [4.78, 5) is 3.62. The Morgan fingerprint density at radius 3 is 1.11 bits per heavy atom. The molecule has 0 saturated carbocycles. The van der Waals surface area contributed by atoms with Crippen LogP contribution >= 0.6 is 12.2 Å². The molecule has 0 rings (SSSR count). The minimum absolute atomic E-state index is 1.09. The van der Waals surface area contributed by atoms with Crippen molar-refractivity contribution >= 4 is 17.2 Å². The molecule has 0 bridgehead atoms. The van der Waals surface area contributed by atoms with Crippen LogP contribution in [-0.4, -0.2) is 23.0 Å². The lowest BCUT2D eigenvalue weighted by Crippen LogP contribution is -2.30. The average molecular weight is 522 g/mol. The van der Waals surface area contributed by atoms with Gasteiger partial charge in [0.05, 0.1) is 0 Å². The van der Waals surface area contributed by atoms with Gasteiger partial charge in [-0.05, 0) is 31.8 Å². The summed E-state index contributed by atoms with van der Waals surface area (Å²) in [5.41, 5.74) is 0. The molecule has 0 N–H and O–H groups in total. The van der Waals surface area contributed by atoms with Gasteiger partial charge in [-0.1, -0.05) is 180 Å². The molecule has 0 fully saturated rings. The number of allylic oxidation sites excluding steroid dienone is 1. The predicted octanol–water partition coefficient (Wildman–Crippen LogP) is 12.4. The highest BCUT2D eigenvalue weighted by Gasteiger charge is 2.07. The summed E-state index contributed by atoms with van der Waals surface area (Å²) in [5, 5.41) is 0. The molecule has 0 aromatic carbocycles. The van der Waals surface area contributed by atoms with E-state index < -0.39 is 0 Å². The van der Waals surface area contributed by atoms with Crippen molar-refractivity contribution in [1.29, 1.82) is 0 Å². The van der Waals surface area contributed by atoms with Crippen LogP contribution in [0.4, 0.5) is 0 Å². The third kappa shape index (κ3) is 26.7. The first-order valence-corrected chi connectivity index (χ1v) is 17.1. The van der Waals surface area contributed by atoms with Crippen molar-refractivity contribution in [2.45, 2.75) is 188 Å². The summed E-state index contributed by atoms with van der Waals surface area (Å²) in [6.45, 7) is 9.21. The van der Waals surface area contributed by atoms with Crippen molar-refractivity contribution in [3.63, 3.8) is 0 Å². The molecule has 214 valence electrons. The van der Waals surface area contributed by atoms with E-state index in [0.29, 0.717) is 0 Å². The SMILES string of the molecule is CCCCCCCC=CC(=S)N(CCCCCCCCCCCC)CCCCCCCCCCCC. The molecule has 0 aliphatic carbocycles. The molecule has 2 heteroatoms. The third-order valence-corrected chi connectivity index (χ3v) is 8.00. The van der Waals surface area contributed by atoms with Crippen LogP contribution in [0.5, 0.6) is 0 Å². The molecule has 0 radical (unpaired) electrons. The first-order chi connectivity index (χ1) is 17.8. The van der Waals surface area contributed by atoms with Crippen molar-refractivity contribution in [2.24, 2.45) is 0 Å². The molecule has 0 heterocycles. The maximum Gasteiger partial charge on any atom is 0.101 e. The molecular weight excluding hydrogens is 454 g/mol. The van der Waals surface area contributed by atoms with E-state index in [2.05, 4.69) is 37.8 Å². The zero-order chi connectivity index (χ0) is 26.4. The smallest absolute Gasteiger partial charge is 0.101 e. The molecule has 36 heavy (non-hydrogen) atoms. The number of rotatable bonds is 29. The molecule has 0 aromatic heterocycles. The monoisotopic (exact) mass is 521 g/mol. The Morgan fingerprint density at radius 2 is 0.750 bits per heavy atom. The maximum atomic E-state index is 5.87. The fraction of sp³-hybridized carbons (Fsp3) is 0.912. The quantitative estimate of drug-likeness (QED) is 0.0547. The van der Waals surface area contributed by atoms with Gasteiger partial charge in [0, 0.05) is 13.1 Å². The van der Waals surface area contributed by atoms with Gasteiger partial charge in [0.15, 0.2) is 0 Å². The van der Waals surface area contributed by atoms with E-state index in [1.165, 1.54) is 167 Å². The van der Waals surface area contributed by atoms with Crippen LogP contribution in [0.1, 0.15) is 188 Å². The van der Waals surface area contributed by atoms with Crippen LogP contribution in [0.25, 0.3) is 0 Å². The van der Waals surface area contributed by atoms with Crippen molar-refractivity contribution in [3.05, 3.63) is 12.2 Å². The Labute approximate surface area is 234 Å². The summed E-state index contributed by atoms with van der Waals surface area (Å²) < 4.78 is 0. The highest BCUT2D eigenvalue weighted by Crippen LogP contribution is 2.14. The molecule has 0 spiro atoms. The fourth-order valence-corrected chi connectivity index (χ4v) is 5.35. The van der Waals surface area contributed by atoms with E-state index in [1.807, 2.05) is 0 Å². The summed E-state index contributed by atoms with van der Waals surface area (Å²) in [7, 11) is 0. The normalized spacial score (nSPS) is 11.5. The van der Waals surface area contributed by atoms with Gasteiger partial charge in [0.25, 0.3) is 0 Å². The second-order valence-electron chi connectivity index (χ2n) is 11.3. The van der Waals surface area contributed by atoms with Gasteiger partial charge in [-0.2, -0.15) is 0 Å². The minimum Gasteiger partial charge on any atom is -0.363 e. The first kappa shape index (κ1) is 35.6. The van der Waals surface area contributed by atoms with E-state index in [4.69, 9.17) is 12.2 Å². The van der Waals surface area contributed by atoms with Crippen LogP contribution in [0, 0.1) is 0 Å². The topological polar surface area (TPSA) is 3.24 Å². The van der Waals surface area contributed by atoms with E-state index >= 15 is 0 Å². The third-order valence-electron chi connectivity index (χ3n) is 7.61. The van der Waals surface area contributed by atoms with Gasteiger partial charge in [0.2, 0.25) is 0 Å². The highest BCUT2D eigenvalue weighted by atomic mass is 32.1. The van der Waals surface area contributed by atoms with Crippen molar-refractivity contribution in [1.82, 2.24) is 4.90 Å². The lowest BCUT2D eigenvalue weighted by atomic mass is 10.1. The number of hydrogen-bond acceptors (Lipinski definition) is 1. The Kier molecular flexibility index (Phi) is 30.5. The molecule has 0 aliphatic rings. The standard InChI is InChI=1S/C34H67NS/c1-4-7-10-13-16-18-20-23-26-29-32-35(34(36)31-28-25-22-15-12-9-6-3)33-30-27-24-21-19-17-14-11-8-5-2/h28,31H,4-27,29-30,32-33H2,1-3H3. The number of unbranched alkanes of at least 4 members (excludes halogenated alkanes) is 23. The molecule has 0 amide bonds. The molecule has 0 aliphatic heterocycles. The first-order valence-electron chi connectivity index (χ1n) is 16.7. The van der Waals surface area contributed by atoms with Gasteiger partial charge in [-0.3, -0.25) is 0 Å². The molecule has 0 saturated heterocycles. The van der Waals surface area contributed by atoms with Crippen LogP contribution in [0.15, 0.2) is 12.2 Å². The maximum absolute atomic E-state index is 5.87. The van der Waals surface area contributed by atoms with Gasteiger partial charge in [-0.25, -0.2) is 0 Å². The summed E-state index contributed by atoms with van der Waals surface area (Å²) in [6.07, 6.45) is 40.6. The Bertz CT molecular complexity index is 434. The van der Waals surface area contributed by atoms with Gasteiger partial charge < -0.3 is 4.90 Å². The van der Waals surface area contributed by atoms with Crippen LogP contribution in [0.2, 0.25) is 0 Å². The zero-order valence-corrected chi connectivity index (χ0v) is 26.1. The van der Waals surface area contributed by atoms with Gasteiger partial charge in [0.1, 0.15) is 4.99 Å². The molecular formula is C34H67NS. The molecule has 0 atom stereocenters. The van der Waals surface area contributed by atoms with E-state index in [1.54, 1.807) is 0 Å². The largest absolute Gasteiger partial charge is 0.363 e. The van der Waals surface area contributed by atoms with Crippen LogP contribution < -0.4 is 0 Å². The van der Waals surface area contributed by atoms with Crippen molar-refractivity contribution in [2.75, 3.05) is 13.1 Å². The van der Waals surface area contributed by atoms with Gasteiger partial charge in [-0.15, -0.1) is 0 Å². The summed E-state index contributed by atoms with van der Waals surface area (Å²) in [6, 6.07) is 0. The Hall–Kier alpha value is -0.370. The molecule has 0 aromatic rings. The lowest BCUT2D eigenvalue weighted by molar-refractivity contribution is 0.390. The van der Waals surface area contributed by atoms with E-state index in [0.717, 1.165) is 18.1 Å². The zero-order valence-electron chi connectivity index (χ0n) is 25.3. The Balaban J connectivity index is 4.12. The second-order valence-corrected chi connectivity index (χ2v) is 11.7. The van der Waals surface area contributed by atoms with Crippen molar-refractivity contribution < 1.29 is 0 Å².